The Hall–Kier alpha value is 0.380. The van der Waals surface area contributed by atoms with Gasteiger partial charge in [0.15, 0.2) is 5.78 Å². The summed E-state index contributed by atoms with van der Waals surface area (Å²) in [5.74, 6) is 0.325. The summed E-state index contributed by atoms with van der Waals surface area (Å²) in [6.07, 6.45) is -2.65. The topological polar surface area (TPSA) is 77.8 Å². The zero-order chi connectivity index (χ0) is 10.3. The number of hydrogen-bond donors (Lipinski definition) is 3. The predicted molar refractivity (Wildman–Crippen MR) is 55.2 cm³/mol. The third kappa shape index (κ3) is 5.64. The summed E-state index contributed by atoms with van der Waals surface area (Å²) in [6, 6.07) is 0. The molecule has 4 nitrogen and oxygen atoms in total. The summed E-state index contributed by atoms with van der Waals surface area (Å²) >= 11 is 4.61. The van der Waals surface area contributed by atoms with Gasteiger partial charge in [-0.1, -0.05) is 15.9 Å². The van der Waals surface area contributed by atoms with Gasteiger partial charge in [-0.15, -0.1) is 0 Å². The molecule has 2 atom stereocenters. The summed E-state index contributed by atoms with van der Waals surface area (Å²) in [5, 5.41) is 27.3. The van der Waals surface area contributed by atoms with Crippen LogP contribution in [0.2, 0.25) is 0 Å². The second-order valence-corrected chi connectivity index (χ2v) is 4.32. The lowest BCUT2D eigenvalue weighted by atomic mass is 10.1. The Bertz CT molecular complexity index is 155. The highest BCUT2D eigenvalue weighted by Gasteiger charge is 2.22. The molecule has 0 saturated carbocycles. The molecule has 0 spiro atoms. The van der Waals surface area contributed by atoms with Gasteiger partial charge in [0.25, 0.3) is 0 Å². The van der Waals surface area contributed by atoms with E-state index in [2.05, 4.69) is 15.9 Å². The molecule has 0 heterocycles. The van der Waals surface area contributed by atoms with E-state index in [-0.39, 0.29) is 5.75 Å². The number of rotatable bonds is 7. The summed E-state index contributed by atoms with van der Waals surface area (Å²) in [7, 11) is 0. The molecule has 0 radical (unpaired) electrons. The molecular weight excluding hydrogens is 260 g/mol. The molecule has 78 valence electrons. The maximum absolute atomic E-state index is 11.0. The minimum atomic E-state index is -1.46. The van der Waals surface area contributed by atoms with Crippen molar-refractivity contribution in [3.8, 4) is 0 Å². The first-order valence-corrected chi connectivity index (χ1v) is 6.05. The largest absolute Gasteiger partial charge is 0.393 e. The minimum absolute atomic E-state index is 0.251. The Morgan fingerprint density at radius 3 is 2.46 bits per heavy atom. The predicted octanol–water partition coefficient (Wildman–Crippen LogP) is -0.602. The van der Waals surface area contributed by atoms with Crippen molar-refractivity contribution in [3.05, 3.63) is 0 Å². The van der Waals surface area contributed by atoms with Crippen molar-refractivity contribution in [2.45, 2.75) is 12.2 Å². The van der Waals surface area contributed by atoms with Gasteiger partial charge in [0, 0.05) is 16.8 Å². The molecule has 0 fully saturated rings. The smallest absolute Gasteiger partial charge is 0.192 e. The van der Waals surface area contributed by atoms with E-state index in [1.165, 1.54) is 11.8 Å². The van der Waals surface area contributed by atoms with Crippen LogP contribution in [0.1, 0.15) is 0 Å². The van der Waals surface area contributed by atoms with E-state index in [1.807, 2.05) is 0 Å². The van der Waals surface area contributed by atoms with Crippen molar-refractivity contribution < 1.29 is 20.1 Å². The number of Topliss-reactive ketones (excluding diaryl/α,β-unsaturated/α-hetero) is 1. The average molecular weight is 273 g/mol. The molecule has 13 heavy (non-hydrogen) atoms. The fourth-order valence-corrected chi connectivity index (χ4v) is 1.99. The molecule has 0 rings (SSSR count). The van der Waals surface area contributed by atoms with Crippen molar-refractivity contribution in [2.24, 2.45) is 0 Å². The van der Waals surface area contributed by atoms with Crippen LogP contribution in [0.4, 0.5) is 0 Å². The number of thioether (sulfide) groups is 1. The Morgan fingerprint density at radius 1 is 1.38 bits per heavy atom. The van der Waals surface area contributed by atoms with E-state index in [0.717, 1.165) is 11.1 Å². The highest BCUT2D eigenvalue weighted by molar-refractivity contribution is 9.09. The Kier molecular flexibility index (Phi) is 7.98. The first-order chi connectivity index (χ1) is 6.13. The average Bonchev–Trinajstić information content (AvgIpc) is 2.15. The fraction of sp³-hybridized carbons (Fsp3) is 0.857. The Balaban J connectivity index is 3.69. The molecule has 0 aromatic heterocycles. The van der Waals surface area contributed by atoms with Gasteiger partial charge in [-0.05, 0) is 0 Å². The highest BCUT2D eigenvalue weighted by Crippen LogP contribution is 2.06. The number of halogens is 1. The van der Waals surface area contributed by atoms with Crippen LogP contribution < -0.4 is 0 Å². The van der Waals surface area contributed by atoms with Crippen molar-refractivity contribution in [1.29, 1.82) is 0 Å². The van der Waals surface area contributed by atoms with Crippen molar-refractivity contribution >= 4 is 33.5 Å². The maximum atomic E-state index is 11.0. The number of alkyl halides is 1. The number of hydrogen-bond acceptors (Lipinski definition) is 5. The monoisotopic (exact) mass is 272 g/mol. The quantitative estimate of drug-likeness (QED) is 0.426. The molecule has 0 aliphatic heterocycles. The van der Waals surface area contributed by atoms with Crippen LogP contribution in [0.25, 0.3) is 0 Å². The molecule has 0 saturated heterocycles. The second-order valence-electron chi connectivity index (χ2n) is 2.38. The van der Waals surface area contributed by atoms with E-state index < -0.39 is 24.6 Å². The third-order valence-electron chi connectivity index (χ3n) is 1.33. The molecule has 0 aromatic rings. The van der Waals surface area contributed by atoms with Gasteiger partial charge in [0.05, 0.1) is 6.61 Å². The van der Waals surface area contributed by atoms with Crippen LogP contribution in [0.5, 0.6) is 0 Å². The van der Waals surface area contributed by atoms with Gasteiger partial charge in [-0.2, -0.15) is 11.8 Å². The van der Waals surface area contributed by atoms with E-state index in [9.17, 15) is 9.90 Å². The number of aliphatic hydroxyl groups is 3. The van der Waals surface area contributed by atoms with E-state index in [1.54, 1.807) is 0 Å². The maximum Gasteiger partial charge on any atom is 0.192 e. The summed E-state index contributed by atoms with van der Waals surface area (Å²) in [5.41, 5.74) is 0. The third-order valence-corrected chi connectivity index (χ3v) is 3.29. The van der Waals surface area contributed by atoms with Crippen LogP contribution in [0.3, 0.4) is 0 Å². The fourth-order valence-electron chi connectivity index (χ4n) is 0.644. The molecule has 0 aliphatic carbocycles. The SMILES string of the molecule is O=C([C@H](O)CSCCBr)[C@@H](O)CO. The van der Waals surface area contributed by atoms with E-state index in [0.29, 0.717) is 0 Å². The lowest BCUT2D eigenvalue weighted by Crippen LogP contribution is -2.36. The van der Waals surface area contributed by atoms with Gasteiger partial charge in [-0.25, -0.2) is 0 Å². The highest BCUT2D eigenvalue weighted by atomic mass is 79.9. The Labute approximate surface area is 89.5 Å². The first kappa shape index (κ1) is 13.4. The van der Waals surface area contributed by atoms with Crippen LogP contribution >= 0.6 is 27.7 Å². The van der Waals surface area contributed by atoms with Gasteiger partial charge >= 0.3 is 0 Å². The minimum Gasteiger partial charge on any atom is -0.393 e. The standard InChI is InChI=1S/C7H13BrO4S/c8-1-2-13-4-6(11)7(12)5(10)3-9/h5-6,9-11H,1-4H2/t5-,6+/m0/s1. The van der Waals surface area contributed by atoms with Crippen molar-refractivity contribution in [2.75, 3.05) is 23.4 Å². The van der Waals surface area contributed by atoms with Crippen LogP contribution in [-0.4, -0.2) is 56.8 Å². The molecule has 0 unspecified atom stereocenters. The molecular formula is C7H13BrO4S. The number of carbonyl (C=O) groups is 1. The van der Waals surface area contributed by atoms with Gasteiger partial charge in [0.1, 0.15) is 12.2 Å². The van der Waals surface area contributed by atoms with E-state index in [4.69, 9.17) is 10.2 Å². The normalized spacial score (nSPS) is 15.4. The van der Waals surface area contributed by atoms with Crippen LogP contribution in [-0.2, 0) is 4.79 Å². The second kappa shape index (κ2) is 7.75. The summed E-state index contributed by atoms with van der Waals surface area (Å²) in [6.45, 7) is -0.640. The van der Waals surface area contributed by atoms with Crippen molar-refractivity contribution in [3.63, 3.8) is 0 Å². The lowest BCUT2D eigenvalue weighted by molar-refractivity contribution is -0.136. The lowest BCUT2D eigenvalue weighted by Gasteiger charge is -2.11. The molecule has 0 aromatic carbocycles. The number of carbonyl (C=O) groups excluding carboxylic acids is 1. The zero-order valence-electron chi connectivity index (χ0n) is 7.02. The molecule has 0 amide bonds. The summed E-state index contributed by atoms with van der Waals surface area (Å²) in [4.78, 5) is 11.0. The van der Waals surface area contributed by atoms with Crippen molar-refractivity contribution in [1.82, 2.24) is 0 Å². The molecule has 0 bridgehead atoms. The number of ketones is 1. The van der Waals surface area contributed by atoms with Crippen LogP contribution in [0.15, 0.2) is 0 Å². The van der Waals surface area contributed by atoms with Crippen LogP contribution in [0, 0.1) is 0 Å². The first-order valence-electron chi connectivity index (χ1n) is 3.78. The van der Waals surface area contributed by atoms with Gasteiger partial charge in [-0.3, -0.25) is 4.79 Å². The number of aliphatic hydroxyl groups excluding tert-OH is 3. The Morgan fingerprint density at radius 2 is 2.00 bits per heavy atom. The summed E-state index contributed by atoms with van der Waals surface area (Å²) < 4.78 is 0. The van der Waals surface area contributed by atoms with E-state index >= 15 is 0 Å². The zero-order valence-corrected chi connectivity index (χ0v) is 9.42. The van der Waals surface area contributed by atoms with Gasteiger partial charge in [0.2, 0.25) is 0 Å². The molecule has 0 aliphatic rings. The van der Waals surface area contributed by atoms with Gasteiger partial charge < -0.3 is 15.3 Å². The molecule has 6 heteroatoms. The molecule has 3 N–H and O–H groups in total.